The van der Waals surface area contributed by atoms with E-state index in [0.29, 0.717) is 19.8 Å². The van der Waals surface area contributed by atoms with Crippen LogP contribution in [0.25, 0.3) is 0 Å². The van der Waals surface area contributed by atoms with E-state index >= 15 is 0 Å². The Morgan fingerprint density at radius 3 is 2.68 bits per heavy atom. The van der Waals surface area contributed by atoms with Gasteiger partial charge in [-0.15, -0.1) is 0 Å². The average Bonchev–Trinajstić information content (AvgIpc) is 2.47. The molecule has 1 aromatic heterocycles. The predicted octanol–water partition coefficient (Wildman–Crippen LogP) is 1.85. The molecule has 0 bridgehead atoms. The molecule has 0 aliphatic carbocycles. The van der Waals surface area contributed by atoms with Gasteiger partial charge in [-0.3, -0.25) is 0 Å². The molecule has 0 aliphatic rings. The first-order chi connectivity index (χ1) is 10.4. The summed E-state index contributed by atoms with van der Waals surface area (Å²) >= 11 is 0. The minimum Gasteiger partial charge on any atom is -0.380 e. The summed E-state index contributed by atoms with van der Waals surface area (Å²) in [5.41, 5.74) is -0.837. The van der Waals surface area contributed by atoms with Gasteiger partial charge in [0.1, 0.15) is 5.82 Å². The van der Waals surface area contributed by atoms with Gasteiger partial charge < -0.3 is 20.7 Å². The first-order valence-electron chi connectivity index (χ1n) is 6.80. The van der Waals surface area contributed by atoms with E-state index in [4.69, 9.17) is 4.74 Å². The molecule has 1 rings (SSSR count). The fourth-order valence-electron chi connectivity index (χ4n) is 1.58. The third-order valence-electron chi connectivity index (χ3n) is 2.55. The standard InChI is InChI=1S/C13H19F3N4O2/c1-2-22-9-8-20-12(21)19-7-6-18-11-10(13(14,15)16)4-3-5-17-11/h3-5H,2,6-9H2,1H3,(H,17,18)(H2,19,20,21). The summed E-state index contributed by atoms with van der Waals surface area (Å²) in [6, 6.07) is 1.76. The van der Waals surface area contributed by atoms with E-state index in [-0.39, 0.29) is 18.9 Å². The Morgan fingerprint density at radius 2 is 2.00 bits per heavy atom. The van der Waals surface area contributed by atoms with Gasteiger partial charge in [-0.1, -0.05) is 0 Å². The molecule has 0 atom stereocenters. The number of anilines is 1. The molecule has 0 unspecified atom stereocenters. The first-order valence-corrected chi connectivity index (χ1v) is 6.80. The van der Waals surface area contributed by atoms with Gasteiger partial charge in [0, 0.05) is 32.4 Å². The van der Waals surface area contributed by atoms with Gasteiger partial charge in [-0.25, -0.2) is 9.78 Å². The van der Waals surface area contributed by atoms with Crippen LogP contribution in [0.3, 0.4) is 0 Å². The lowest BCUT2D eigenvalue weighted by molar-refractivity contribution is -0.137. The quantitative estimate of drug-likeness (QED) is 0.639. The lowest BCUT2D eigenvalue weighted by Crippen LogP contribution is -2.39. The van der Waals surface area contributed by atoms with Crippen molar-refractivity contribution in [3.8, 4) is 0 Å². The highest BCUT2D eigenvalue weighted by Crippen LogP contribution is 2.33. The fourth-order valence-corrected chi connectivity index (χ4v) is 1.58. The van der Waals surface area contributed by atoms with E-state index < -0.39 is 17.8 Å². The van der Waals surface area contributed by atoms with Crippen molar-refractivity contribution in [2.24, 2.45) is 0 Å². The highest BCUT2D eigenvalue weighted by Gasteiger charge is 2.33. The number of halogens is 3. The Kier molecular flexibility index (Phi) is 7.44. The highest BCUT2D eigenvalue weighted by molar-refractivity contribution is 5.73. The topological polar surface area (TPSA) is 75.3 Å². The van der Waals surface area contributed by atoms with E-state index in [2.05, 4.69) is 20.9 Å². The van der Waals surface area contributed by atoms with Crippen molar-refractivity contribution in [3.05, 3.63) is 23.9 Å². The van der Waals surface area contributed by atoms with Gasteiger partial charge in [0.25, 0.3) is 0 Å². The van der Waals surface area contributed by atoms with Crippen LogP contribution in [0.4, 0.5) is 23.8 Å². The number of hydrogen-bond acceptors (Lipinski definition) is 4. The van der Waals surface area contributed by atoms with Gasteiger partial charge >= 0.3 is 12.2 Å². The number of carbonyl (C=O) groups excluding carboxylic acids is 1. The summed E-state index contributed by atoms with van der Waals surface area (Å²) in [5, 5.41) is 7.62. The third kappa shape index (κ3) is 6.61. The van der Waals surface area contributed by atoms with Crippen LogP contribution < -0.4 is 16.0 Å². The Bertz CT molecular complexity index is 469. The molecule has 1 aromatic rings. The molecular weight excluding hydrogens is 301 g/mol. The zero-order chi connectivity index (χ0) is 16.4. The third-order valence-corrected chi connectivity index (χ3v) is 2.55. The highest BCUT2D eigenvalue weighted by atomic mass is 19.4. The zero-order valence-corrected chi connectivity index (χ0v) is 12.2. The molecule has 9 heteroatoms. The van der Waals surface area contributed by atoms with Crippen molar-refractivity contribution in [2.75, 3.05) is 38.2 Å². The molecule has 0 fully saturated rings. The van der Waals surface area contributed by atoms with Gasteiger partial charge in [-0.2, -0.15) is 13.2 Å². The van der Waals surface area contributed by atoms with Gasteiger partial charge in [0.2, 0.25) is 0 Å². The number of amides is 2. The maximum absolute atomic E-state index is 12.7. The zero-order valence-electron chi connectivity index (χ0n) is 12.2. The van der Waals surface area contributed by atoms with Crippen LogP contribution in [0.5, 0.6) is 0 Å². The van der Waals surface area contributed by atoms with Crippen molar-refractivity contribution >= 4 is 11.8 Å². The normalized spacial score (nSPS) is 11.1. The lowest BCUT2D eigenvalue weighted by Gasteiger charge is -2.13. The molecule has 0 saturated heterocycles. The number of nitrogens with zero attached hydrogens (tertiary/aromatic N) is 1. The Labute approximate surface area is 126 Å². The molecule has 22 heavy (non-hydrogen) atoms. The summed E-state index contributed by atoms with van der Waals surface area (Å²) in [6.07, 6.45) is -3.20. The van der Waals surface area contributed by atoms with E-state index in [1.54, 1.807) is 0 Å². The van der Waals surface area contributed by atoms with Crippen LogP contribution in [0.15, 0.2) is 18.3 Å². The number of rotatable bonds is 8. The molecule has 2 amide bonds. The monoisotopic (exact) mass is 320 g/mol. The largest absolute Gasteiger partial charge is 0.419 e. The van der Waals surface area contributed by atoms with E-state index in [1.807, 2.05) is 6.92 Å². The van der Waals surface area contributed by atoms with Crippen molar-refractivity contribution in [3.63, 3.8) is 0 Å². The van der Waals surface area contributed by atoms with E-state index in [9.17, 15) is 18.0 Å². The number of alkyl halides is 3. The predicted molar refractivity (Wildman–Crippen MR) is 75.6 cm³/mol. The fraction of sp³-hybridized carbons (Fsp3) is 0.538. The molecule has 0 radical (unpaired) electrons. The van der Waals surface area contributed by atoms with Crippen LogP contribution in [0.1, 0.15) is 12.5 Å². The van der Waals surface area contributed by atoms with Crippen LogP contribution in [0.2, 0.25) is 0 Å². The van der Waals surface area contributed by atoms with Gasteiger partial charge in [0.15, 0.2) is 0 Å². The molecule has 0 aromatic carbocycles. The van der Waals surface area contributed by atoms with Crippen molar-refractivity contribution in [1.29, 1.82) is 0 Å². The number of hydrogen-bond donors (Lipinski definition) is 3. The summed E-state index contributed by atoms with van der Waals surface area (Å²) in [5.74, 6) is -0.256. The van der Waals surface area contributed by atoms with Crippen LogP contribution in [-0.2, 0) is 10.9 Å². The Hall–Kier alpha value is -2.03. The van der Waals surface area contributed by atoms with Crippen LogP contribution in [0, 0.1) is 0 Å². The first kappa shape index (κ1) is 18.0. The molecule has 6 nitrogen and oxygen atoms in total. The Balaban J connectivity index is 2.29. The average molecular weight is 320 g/mol. The molecule has 3 N–H and O–H groups in total. The van der Waals surface area contributed by atoms with Gasteiger partial charge in [0.05, 0.1) is 12.2 Å². The number of urea groups is 1. The second-order valence-corrected chi connectivity index (χ2v) is 4.20. The summed E-state index contributed by atoms with van der Waals surface area (Å²) in [7, 11) is 0. The molecule has 0 saturated carbocycles. The van der Waals surface area contributed by atoms with E-state index in [1.165, 1.54) is 12.3 Å². The van der Waals surface area contributed by atoms with Crippen molar-refractivity contribution in [2.45, 2.75) is 13.1 Å². The number of ether oxygens (including phenoxy) is 1. The summed E-state index contributed by atoms with van der Waals surface area (Å²) in [4.78, 5) is 15.0. The van der Waals surface area contributed by atoms with E-state index in [0.717, 1.165) is 6.07 Å². The number of carbonyl (C=O) groups is 1. The smallest absolute Gasteiger partial charge is 0.380 e. The second kappa shape index (κ2) is 9.08. The van der Waals surface area contributed by atoms with Crippen molar-refractivity contribution < 1.29 is 22.7 Å². The van der Waals surface area contributed by atoms with Crippen molar-refractivity contribution in [1.82, 2.24) is 15.6 Å². The SMILES string of the molecule is CCOCCNC(=O)NCCNc1ncccc1C(F)(F)F. The molecule has 124 valence electrons. The Morgan fingerprint density at radius 1 is 1.27 bits per heavy atom. The maximum atomic E-state index is 12.7. The van der Waals surface area contributed by atoms with Crippen LogP contribution >= 0.6 is 0 Å². The number of nitrogens with one attached hydrogen (secondary N) is 3. The number of pyridine rings is 1. The minimum atomic E-state index is -4.47. The molecule has 1 heterocycles. The molecule has 0 spiro atoms. The lowest BCUT2D eigenvalue weighted by atomic mass is 10.2. The maximum Gasteiger partial charge on any atom is 0.419 e. The number of aromatic nitrogens is 1. The summed E-state index contributed by atoms with van der Waals surface area (Å²) < 4.78 is 43.2. The van der Waals surface area contributed by atoms with Crippen LogP contribution in [-0.4, -0.2) is 43.9 Å². The van der Waals surface area contributed by atoms with Gasteiger partial charge in [-0.05, 0) is 19.1 Å². The second-order valence-electron chi connectivity index (χ2n) is 4.20. The summed E-state index contributed by atoms with van der Waals surface area (Å²) in [6.45, 7) is 3.47. The molecule has 0 aliphatic heterocycles. The minimum absolute atomic E-state index is 0.124. The molecular formula is C13H19F3N4O2.